The Morgan fingerprint density at radius 2 is 1.92 bits per heavy atom. The number of hydrogen-bond acceptors (Lipinski definition) is 3. The molecule has 0 aromatic heterocycles. The molecule has 0 aromatic carbocycles. The van der Waals surface area contributed by atoms with Crippen LogP contribution in [-0.2, 0) is 7.86 Å². The maximum atomic E-state index is 11.3. The van der Waals surface area contributed by atoms with Crippen molar-refractivity contribution in [2.24, 2.45) is 4.99 Å². The minimum atomic E-state index is -0.324. The predicted molar refractivity (Wildman–Crippen MR) is 62.1 cm³/mol. The van der Waals surface area contributed by atoms with Gasteiger partial charge in [-0.1, -0.05) is 5.57 Å². The number of halogens is 1. The van der Waals surface area contributed by atoms with Crippen LogP contribution in [0.2, 0.25) is 0 Å². The number of rotatable bonds is 3. The number of aliphatic imine (C=N–C) groups is 1. The molecule has 0 radical (unpaired) electrons. The quantitative estimate of drug-likeness (QED) is 0.456. The smallest absolute Gasteiger partial charge is 0.349 e. The van der Waals surface area contributed by atoms with Crippen LogP contribution in [0.1, 0.15) is 27.7 Å². The van der Waals surface area contributed by atoms with E-state index in [-0.39, 0.29) is 5.97 Å². The summed E-state index contributed by atoms with van der Waals surface area (Å²) in [5.41, 5.74) is 2.25. The number of hydrogen-bond donors (Lipinski definition) is 0. The zero-order valence-corrected chi connectivity index (χ0v) is 10.5. The lowest BCUT2D eigenvalue weighted by atomic mass is 10.1. The molecule has 0 aliphatic rings. The Hall–Kier alpha value is -0.390. The van der Waals surface area contributed by atoms with Gasteiger partial charge >= 0.3 is 5.97 Å². The third-order valence-electron chi connectivity index (χ3n) is 1.53. The number of nitrogens with zero attached hydrogens (tertiary/aromatic N) is 1. The highest BCUT2D eigenvalue weighted by Crippen LogP contribution is 2.10. The van der Waals surface area contributed by atoms with Gasteiger partial charge in [0.1, 0.15) is 0 Å². The maximum Gasteiger partial charge on any atom is 0.349 e. The van der Waals surface area contributed by atoms with E-state index in [2.05, 4.69) is 8.06 Å². The molecule has 0 amide bonds. The number of allylic oxidation sites excluding steroid dienone is 1. The Kier molecular flexibility index (Phi) is 5.94. The summed E-state index contributed by atoms with van der Waals surface area (Å²) >= 11 is 1.59. The van der Waals surface area contributed by atoms with E-state index in [1.165, 1.54) is 0 Å². The highest BCUT2D eigenvalue weighted by atomic mass is 127. The van der Waals surface area contributed by atoms with Gasteiger partial charge in [-0.3, -0.25) is 4.99 Å². The lowest BCUT2D eigenvalue weighted by Gasteiger charge is -2.05. The molecule has 0 aromatic rings. The van der Waals surface area contributed by atoms with Crippen molar-refractivity contribution in [2.45, 2.75) is 27.7 Å². The molecular formula is C9H14INO2. The first-order valence-corrected chi connectivity index (χ1v) is 4.94. The Bertz CT molecular complexity index is 252. The highest BCUT2D eigenvalue weighted by molar-refractivity contribution is 14.1. The molecule has 4 heteroatoms. The van der Waals surface area contributed by atoms with Gasteiger partial charge in [-0.05, 0) is 27.7 Å². The minimum Gasteiger partial charge on any atom is -0.391 e. The van der Waals surface area contributed by atoms with Crippen molar-refractivity contribution in [2.75, 3.05) is 6.54 Å². The van der Waals surface area contributed by atoms with Crippen molar-refractivity contribution in [1.82, 2.24) is 0 Å². The molecule has 0 fully saturated rings. The summed E-state index contributed by atoms with van der Waals surface area (Å²) in [6.45, 7) is 8.17. The second-order valence-corrected chi connectivity index (χ2v) is 3.24. The number of carbonyl (C=O) groups is 1. The van der Waals surface area contributed by atoms with Crippen LogP contribution < -0.4 is 0 Å². The molecule has 0 aliphatic carbocycles. The third kappa shape index (κ3) is 3.89. The van der Waals surface area contributed by atoms with E-state index in [0.717, 1.165) is 11.3 Å². The van der Waals surface area contributed by atoms with Crippen LogP contribution in [0.5, 0.6) is 0 Å². The minimum absolute atomic E-state index is 0.324. The average molecular weight is 295 g/mol. The summed E-state index contributed by atoms with van der Waals surface area (Å²) in [6.07, 6.45) is 0. The Morgan fingerprint density at radius 1 is 1.38 bits per heavy atom. The standard InChI is InChI=1S/C9H14INO2/c1-5-11-7(4)8(6(2)3)9(12)13-10/h5H2,1-4H3. The zero-order valence-electron chi connectivity index (χ0n) is 8.35. The van der Waals surface area contributed by atoms with Gasteiger partial charge in [0.05, 0.1) is 5.57 Å². The first kappa shape index (κ1) is 12.6. The summed E-state index contributed by atoms with van der Waals surface area (Å²) in [6, 6.07) is 0. The van der Waals surface area contributed by atoms with Gasteiger partial charge in [0, 0.05) is 12.3 Å². The summed E-state index contributed by atoms with van der Waals surface area (Å²) in [4.78, 5) is 15.5. The second kappa shape index (κ2) is 6.12. The average Bonchev–Trinajstić information content (AvgIpc) is 2.04. The topological polar surface area (TPSA) is 38.7 Å². The lowest BCUT2D eigenvalue weighted by molar-refractivity contribution is -0.126. The molecule has 0 unspecified atom stereocenters. The molecule has 0 heterocycles. The van der Waals surface area contributed by atoms with Gasteiger partial charge in [-0.2, -0.15) is 0 Å². The van der Waals surface area contributed by atoms with Gasteiger partial charge in [-0.25, -0.2) is 4.79 Å². The lowest BCUT2D eigenvalue weighted by Crippen LogP contribution is -2.12. The van der Waals surface area contributed by atoms with Crippen LogP contribution in [0.4, 0.5) is 0 Å². The first-order chi connectivity index (χ1) is 6.04. The Balaban J connectivity index is 4.96. The van der Waals surface area contributed by atoms with E-state index in [0.29, 0.717) is 12.1 Å². The molecule has 74 valence electrons. The van der Waals surface area contributed by atoms with Gasteiger partial charge in [0.25, 0.3) is 0 Å². The number of carbonyl (C=O) groups excluding carboxylic acids is 1. The first-order valence-electron chi connectivity index (χ1n) is 4.06. The normalized spacial score (nSPS) is 11.0. The van der Waals surface area contributed by atoms with E-state index >= 15 is 0 Å². The van der Waals surface area contributed by atoms with Crippen molar-refractivity contribution in [3.8, 4) is 0 Å². The molecule has 3 nitrogen and oxygen atoms in total. The van der Waals surface area contributed by atoms with E-state index in [4.69, 9.17) is 0 Å². The monoisotopic (exact) mass is 295 g/mol. The molecular weight excluding hydrogens is 281 g/mol. The second-order valence-electron chi connectivity index (χ2n) is 2.80. The molecule has 0 aliphatic heterocycles. The Morgan fingerprint density at radius 3 is 2.23 bits per heavy atom. The van der Waals surface area contributed by atoms with Gasteiger partial charge in [-0.15, -0.1) is 0 Å². The molecule has 0 N–H and O–H groups in total. The third-order valence-corrected chi connectivity index (χ3v) is 1.93. The van der Waals surface area contributed by atoms with E-state index in [9.17, 15) is 4.79 Å². The fourth-order valence-electron chi connectivity index (χ4n) is 1.07. The molecule has 0 rings (SSSR count). The summed E-state index contributed by atoms with van der Waals surface area (Å²) in [7, 11) is 0. The Labute approximate surface area is 93.0 Å². The van der Waals surface area contributed by atoms with Crippen molar-refractivity contribution in [1.29, 1.82) is 0 Å². The van der Waals surface area contributed by atoms with Crippen molar-refractivity contribution in [3.63, 3.8) is 0 Å². The van der Waals surface area contributed by atoms with Crippen LogP contribution in [0.25, 0.3) is 0 Å². The fourth-order valence-corrected chi connectivity index (χ4v) is 1.29. The van der Waals surface area contributed by atoms with Crippen molar-refractivity contribution in [3.05, 3.63) is 11.1 Å². The summed E-state index contributed by atoms with van der Waals surface area (Å²) < 4.78 is 4.63. The van der Waals surface area contributed by atoms with Crippen LogP contribution in [0.3, 0.4) is 0 Å². The predicted octanol–water partition coefficient (Wildman–Crippen LogP) is 2.70. The fraction of sp³-hybridized carbons (Fsp3) is 0.556. The molecule has 0 bridgehead atoms. The van der Waals surface area contributed by atoms with Gasteiger partial charge in [0.2, 0.25) is 0 Å². The SMILES string of the molecule is CCN=C(C)C(C(=O)OI)=C(C)C. The van der Waals surface area contributed by atoms with E-state index in [1.807, 2.05) is 27.7 Å². The zero-order chi connectivity index (χ0) is 10.4. The van der Waals surface area contributed by atoms with Gasteiger partial charge in [0.15, 0.2) is 23.0 Å². The van der Waals surface area contributed by atoms with Crippen LogP contribution >= 0.6 is 23.0 Å². The highest BCUT2D eigenvalue weighted by Gasteiger charge is 2.14. The molecule has 13 heavy (non-hydrogen) atoms. The van der Waals surface area contributed by atoms with Crippen LogP contribution in [0, 0.1) is 0 Å². The molecule has 0 saturated carbocycles. The van der Waals surface area contributed by atoms with Gasteiger partial charge < -0.3 is 3.07 Å². The van der Waals surface area contributed by atoms with Crippen LogP contribution in [-0.4, -0.2) is 18.2 Å². The summed E-state index contributed by atoms with van der Waals surface area (Å²) in [5.74, 6) is -0.324. The maximum absolute atomic E-state index is 11.3. The van der Waals surface area contributed by atoms with E-state index in [1.54, 1.807) is 23.0 Å². The molecule has 0 atom stereocenters. The molecule has 0 spiro atoms. The van der Waals surface area contributed by atoms with Crippen LogP contribution in [0.15, 0.2) is 16.1 Å². The van der Waals surface area contributed by atoms with E-state index < -0.39 is 0 Å². The summed E-state index contributed by atoms with van der Waals surface area (Å²) in [5, 5.41) is 0. The largest absolute Gasteiger partial charge is 0.391 e. The van der Waals surface area contributed by atoms with Crippen molar-refractivity contribution >= 4 is 34.7 Å². The molecule has 0 saturated heterocycles. The van der Waals surface area contributed by atoms with Crippen molar-refractivity contribution < 1.29 is 7.86 Å².